The van der Waals surface area contributed by atoms with Gasteiger partial charge < -0.3 is 10.1 Å². The number of methoxy groups -OCH3 is 1. The van der Waals surface area contributed by atoms with E-state index < -0.39 is 0 Å². The molecule has 1 aliphatic heterocycles. The normalized spacial score (nSPS) is 14.7. The van der Waals surface area contributed by atoms with Crippen molar-refractivity contribution in [1.82, 2.24) is 25.0 Å². The fourth-order valence-corrected chi connectivity index (χ4v) is 4.97. The topological polar surface area (TPSA) is 72.3 Å². The minimum Gasteiger partial charge on any atom is -0.497 e. The molecule has 35 heavy (non-hydrogen) atoms. The highest BCUT2D eigenvalue weighted by Crippen LogP contribution is 2.26. The molecule has 5 rings (SSSR count). The third-order valence-corrected chi connectivity index (χ3v) is 6.93. The summed E-state index contributed by atoms with van der Waals surface area (Å²) in [5.41, 5.74) is 1.73. The maximum Gasteiger partial charge on any atom is 0.291 e. The molecular formula is C26H26FN5O2S. The van der Waals surface area contributed by atoms with E-state index in [-0.39, 0.29) is 23.6 Å². The van der Waals surface area contributed by atoms with E-state index in [1.807, 2.05) is 29.6 Å². The van der Waals surface area contributed by atoms with Crippen LogP contribution in [0, 0.1) is 5.82 Å². The average molecular weight is 492 g/mol. The first-order chi connectivity index (χ1) is 17.1. The van der Waals surface area contributed by atoms with Crippen molar-refractivity contribution in [2.75, 3.05) is 20.2 Å². The Kier molecular flexibility index (Phi) is 6.87. The van der Waals surface area contributed by atoms with E-state index in [1.165, 1.54) is 33.7 Å². The lowest BCUT2D eigenvalue weighted by atomic mass is 10.0. The fraction of sp³-hybridized carbons (Fsp3) is 0.269. The Morgan fingerprint density at radius 1 is 1.14 bits per heavy atom. The van der Waals surface area contributed by atoms with Gasteiger partial charge in [-0.3, -0.25) is 9.69 Å². The number of halogens is 1. The number of nitrogens with one attached hydrogen (secondary N) is 1. The van der Waals surface area contributed by atoms with Crippen molar-refractivity contribution >= 4 is 17.2 Å². The minimum atomic E-state index is -0.373. The Morgan fingerprint density at radius 3 is 2.71 bits per heavy atom. The van der Waals surface area contributed by atoms with E-state index in [9.17, 15) is 9.18 Å². The zero-order chi connectivity index (χ0) is 24.2. The molecule has 180 valence electrons. The summed E-state index contributed by atoms with van der Waals surface area (Å²) in [5.74, 6) is 0.767. The highest BCUT2D eigenvalue weighted by atomic mass is 32.1. The molecule has 7 nitrogen and oxygen atoms in total. The van der Waals surface area contributed by atoms with Gasteiger partial charge in [-0.25, -0.2) is 14.1 Å². The van der Waals surface area contributed by atoms with Crippen molar-refractivity contribution < 1.29 is 13.9 Å². The number of rotatable bonds is 7. The van der Waals surface area contributed by atoms with Gasteiger partial charge in [-0.05, 0) is 60.2 Å². The van der Waals surface area contributed by atoms with Gasteiger partial charge in [0.25, 0.3) is 5.91 Å². The second kappa shape index (κ2) is 10.4. The number of hydrogen-bond acceptors (Lipinski definition) is 6. The maximum absolute atomic E-state index is 13.9. The molecule has 2 aromatic carbocycles. The van der Waals surface area contributed by atoms with Crippen molar-refractivity contribution in [3.05, 3.63) is 83.2 Å². The highest BCUT2D eigenvalue weighted by molar-refractivity contribution is 7.13. The number of aromatic nitrogens is 3. The monoisotopic (exact) mass is 491 g/mol. The first-order valence-corrected chi connectivity index (χ1v) is 12.4. The lowest BCUT2D eigenvalue weighted by Gasteiger charge is -2.32. The molecule has 0 aliphatic carbocycles. The number of carbonyl (C=O) groups is 1. The molecule has 0 radical (unpaired) electrons. The third-order valence-electron chi connectivity index (χ3n) is 6.07. The van der Waals surface area contributed by atoms with Crippen LogP contribution in [-0.2, 0) is 6.54 Å². The lowest BCUT2D eigenvalue weighted by molar-refractivity contribution is 0.0898. The van der Waals surface area contributed by atoms with E-state index in [0.717, 1.165) is 43.1 Å². The number of benzene rings is 2. The van der Waals surface area contributed by atoms with Crippen LogP contribution in [0.3, 0.4) is 0 Å². The van der Waals surface area contributed by atoms with E-state index >= 15 is 0 Å². The van der Waals surface area contributed by atoms with Crippen LogP contribution in [0.2, 0.25) is 0 Å². The number of ether oxygens (including phenoxy) is 1. The van der Waals surface area contributed by atoms with Crippen LogP contribution < -0.4 is 10.1 Å². The molecule has 0 unspecified atom stereocenters. The van der Waals surface area contributed by atoms with Crippen LogP contribution in [0.4, 0.5) is 4.39 Å². The number of hydrogen-bond donors (Lipinski definition) is 1. The molecule has 0 spiro atoms. The number of piperidine rings is 1. The zero-order valence-corrected chi connectivity index (χ0v) is 20.2. The van der Waals surface area contributed by atoms with Gasteiger partial charge in [-0.1, -0.05) is 24.3 Å². The Balaban J connectivity index is 1.25. The summed E-state index contributed by atoms with van der Waals surface area (Å²) < 4.78 is 20.7. The van der Waals surface area contributed by atoms with Crippen molar-refractivity contribution in [3.63, 3.8) is 0 Å². The predicted octanol–water partition coefficient (Wildman–Crippen LogP) is 4.54. The van der Waals surface area contributed by atoms with Gasteiger partial charge in [-0.2, -0.15) is 0 Å². The van der Waals surface area contributed by atoms with E-state index in [2.05, 4.69) is 32.4 Å². The number of amides is 1. The summed E-state index contributed by atoms with van der Waals surface area (Å²) in [6, 6.07) is 18.1. The van der Waals surface area contributed by atoms with Crippen molar-refractivity contribution in [2.24, 2.45) is 0 Å². The van der Waals surface area contributed by atoms with Crippen LogP contribution in [0.25, 0.3) is 16.4 Å². The van der Waals surface area contributed by atoms with Gasteiger partial charge in [0.05, 0.1) is 17.7 Å². The molecular weight excluding hydrogens is 465 g/mol. The summed E-state index contributed by atoms with van der Waals surface area (Å²) in [7, 11) is 1.67. The number of likely N-dealkylation sites (tertiary alicyclic amines) is 1. The molecule has 3 heterocycles. The van der Waals surface area contributed by atoms with Gasteiger partial charge in [0.1, 0.15) is 11.6 Å². The first-order valence-electron chi connectivity index (χ1n) is 11.5. The fourth-order valence-electron chi connectivity index (χ4n) is 4.28. The molecule has 1 N–H and O–H groups in total. The summed E-state index contributed by atoms with van der Waals surface area (Å²) in [4.78, 5) is 20.8. The van der Waals surface area contributed by atoms with E-state index in [1.54, 1.807) is 19.2 Å². The molecule has 0 bridgehead atoms. The largest absolute Gasteiger partial charge is 0.497 e. The molecule has 1 fully saturated rings. The van der Waals surface area contributed by atoms with Gasteiger partial charge in [0.15, 0.2) is 5.82 Å². The second-order valence-corrected chi connectivity index (χ2v) is 9.45. The number of nitrogens with zero attached hydrogens (tertiary/aromatic N) is 4. The minimum absolute atomic E-state index is 0.0513. The van der Waals surface area contributed by atoms with E-state index in [0.29, 0.717) is 11.5 Å². The Bertz CT molecular complexity index is 1300. The smallest absolute Gasteiger partial charge is 0.291 e. The van der Waals surface area contributed by atoms with Gasteiger partial charge >= 0.3 is 0 Å². The molecule has 1 amide bonds. The average Bonchev–Trinajstić information content (AvgIpc) is 3.56. The summed E-state index contributed by atoms with van der Waals surface area (Å²) >= 11 is 1.49. The molecule has 9 heteroatoms. The molecule has 1 aliphatic rings. The Hall–Kier alpha value is -3.56. The predicted molar refractivity (Wildman–Crippen MR) is 133 cm³/mol. The van der Waals surface area contributed by atoms with Crippen LogP contribution >= 0.6 is 11.3 Å². The SMILES string of the molecule is COc1cccc(CN2CCC(NC(=O)c3nc(-c4cccs4)n(-c4cccc(F)c4)n3)CC2)c1. The molecule has 0 saturated carbocycles. The van der Waals surface area contributed by atoms with Crippen molar-refractivity contribution in [2.45, 2.75) is 25.4 Å². The van der Waals surface area contributed by atoms with Crippen LogP contribution in [0.5, 0.6) is 5.75 Å². The Labute approximate surface area is 207 Å². The van der Waals surface area contributed by atoms with Gasteiger partial charge in [0, 0.05) is 25.7 Å². The Morgan fingerprint density at radius 2 is 1.97 bits per heavy atom. The zero-order valence-electron chi connectivity index (χ0n) is 19.4. The van der Waals surface area contributed by atoms with Crippen LogP contribution in [-0.4, -0.2) is 51.8 Å². The van der Waals surface area contributed by atoms with E-state index in [4.69, 9.17) is 4.74 Å². The lowest BCUT2D eigenvalue weighted by Crippen LogP contribution is -2.44. The molecule has 1 saturated heterocycles. The highest BCUT2D eigenvalue weighted by Gasteiger charge is 2.25. The number of thiophene rings is 1. The summed E-state index contributed by atoms with van der Waals surface area (Å²) in [6.07, 6.45) is 1.69. The first kappa shape index (κ1) is 23.2. The van der Waals surface area contributed by atoms with Gasteiger partial charge in [0.2, 0.25) is 5.82 Å². The number of carbonyl (C=O) groups excluding carboxylic acids is 1. The molecule has 0 atom stereocenters. The molecule has 4 aromatic rings. The maximum atomic E-state index is 13.9. The quantitative estimate of drug-likeness (QED) is 0.411. The van der Waals surface area contributed by atoms with Crippen molar-refractivity contribution in [3.8, 4) is 22.1 Å². The summed E-state index contributed by atoms with van der Waals surface area (Å²) in [5, 5.41) is 9.46. The molecule has 2 aromatic heterocycles. The summed E-state index contributed by atoms with van der Waals surface area (Å²) in [6.45, 7) is 2.61. The van der Waals surface area contributed by atoms with Crippen LogP contribution in [0.15, 0.2) is 66.0 Å². The van der Waals surface area contributed by atoms with Crippen LogP contribution in [0.1, 0.15) is 29.0 Å². The third kappa shape index (κ3) is 5.41. The van der Waals surface area contributed by atoms with Gasteiger partial charge in [-0.15, -0.1) is 16.4 Å². The standard InChI is InChI=1S/C26H26FN5O2S/c1-34-22-8-2-5-18(15-22)17-31-12-10-20(11-13-31)28-26(33)24-29-25(23-9-4-14-35-23)32(30-24)21-7-3-6-19(27)16-21/h2-9,14-16,20H,10-13,17H2,1H3,(H,28,33). The van der Waals surface area contributed by atoms with Crippen molar-refractivity contribution in [1.29, 1.82) is 0 Å². The second-order valence-electron chi connectivity index (χ2n) is 8.50.